The van der Waals surface area contributed by atoms with Gasteiger partial charge in [0, 0.05) is 23.9 Å². The predicted octanol–water partition coefficient (Wildman–Crippen LogP) is 1.76. The van der Waals surface area contributed by atoms with Crippen LogP contribution in [0.25, 0.3) is 0 Å². The molecule has 4 nitrogen and oxygen atoms in total. The molecule has 1 aromatic heterocycles. The van der Waals surface area contributed by atoms with Crippen LogP contribution in [-0.4, -0.2) is 31.3 Å². The molecule has 0 spiro atoms. The lowest BCUT2D eigenvalue weighted by Crippen LogP contribution is -2.04. The van der Waals surface area contributed by atoms with E-state index in [-0.39, 0.29) is 5.97 Å². The third-order valence-electron chi connectivity index (χ3n) is 2.24. The molecular weight excluding hydrogens is 218 g/mol. The number of hydrogen-bond acceptors (Lipinski definition) is 4. The first-order valence-corrected chi connectivity index (χ1v) is 5.46. The molecule has 1 heterocycles. The molecule has 0 saturated carbocycles. The Labute approximate surface area is 101 Å². The molecule has 0 atom stereocenters. The van der Waals surface area contributed by atoms with Crippen molar-refractivity contribution in [2.45, 2.75) is 13.3 Å². The quantitative estimate of drug-likeness (QED) is 0.428. The highest BCUT2D eigenvalue weighted by molar-refractivity contribution is 5.87. The van der Waals surface area contributed by atoms with E-state index in [1.54, 1.807) is 19.2 Å². The minimum Gasteiger partial charge on any atom is -0.466 e. The van der Waals surface area contributed by atoms with Crippen molar-refractivity contribution in [3.05, 3.63) is 41.7 Å². The van der Waals surface area contributed by atoms with Crippen LogP contribution in [0.4, 0.5) is 0 Å². The van der Waals surface area contributed by atoms with Crippen LogP contribution in [-0.2, 0) is 20.7 Å². The molecule has 0 saturated heterocycles. The van der Waals surface area contributed by atoms with Gasteiger partial charge in [-0.2, -0.15) is 0 Å². The van der Waals surface area contributed by atoms with Crippen molar-refractivity contribution in [3.63, 3.8) is 0 Å². The van der Waals surface area contributed by atoms with Gasteiger partial charge in [-0.05, 0) is 25.1 Å². The molecule has 0 fully saturated rings. The minimum absolute atomic E-state index is 0.321. The van der Waals surface area contributed by atoms with Crippen molar-refractivity contribution in [2.24, 2.45) is 0 Å². The molecular formula is C13H17NO3. The highest BCUT2D eigenvalue weighted by atomic mass is 16.5. The number of carbonyl (C=O) groups is 1. The van der Waals surface area contributed by atoms with E-state index in [0.717, 1.165) is 12.1 Å². The Hall–Kier alpha value is -1.68. The van der Waals surface area contributed by atoms with Crippen LogP contribution < -0.4 is 0 Å². The van der Waals surface area contributed by atoms with Gasteiger partial charge in [0.25, 0.3) is 0 Å². The molecule has 0 unspecified atom stereocenters. The molecule has 0 radical (unpaired) electrons. The van der Waals surface area contributed by atoms with E-state index in [4.69, 9.17) is 4.74 Å². The van der Waals surface area contributed by atoms with Gasteiger partial charge in [-0.3, -0.25) is 4.98 Å². The zero-order chi connectivity index (χ0) is 12.5. The number of hydrogen-bond donors (Lipinski definition) is 0. The summed E-state index contributed by atoms with van der Waals surface area (Å²) in [6.07, 6.45) is 4.24. The van der Waals surface area contributed by atoms with Gasteiger partial charge in [-0.15, -0.1) is 0 Å². The number of pyridine rings is 1. The number of esters is 1. The molecule has 4 heteroatoms. The second-order valence-corrected chi connectivity index (χ2v) is 3.52. The number of aromatic nitrogens is 1. The van der Waals surface area contributed by atoms with E-state index in [2.05, 4.69) is 9.72 Å². The van der Waals surface area contributed by atoms with Gasteiger partial charge in [-0.25, -0.2) is 4.79 Å². The molecule has 0 aliphatic rings. The van der Waals surface area contributed by atoms with Crippen LogP contribution in [0.15, 0.2) is 36.0 Å². The first-order valence-electron chi connectivity index (χ1n) is 5.46. The summed E-state index contributed by atoms with van der Waals surface area (Å²) < 4.78 is 9.94. The zero-order valence-corrected chi connectivity index (χ0v) is 10.2. The van der Waals surface area contributed by atoms with Crippen LogP contribution in [0.5, 0.6) is 0 Å². The molecule has 92 valence electrons. The average Bonchev–Trinajstić information content (AvgIpc) is 2.38. The monoisotopic (exact) mass is 235 g/mol. The molecule has 17 heavy (non-hydrogen) atoms. The van der Waals surface area contributed by atoms with Crippen molar-refractivity contribution in [2.75, 3.05) is 20.3 Å². The van der Waals surface area contributed by atoms with E-state index in [0.29, 0.717) is 18.8 Å². The summed E-state index contributed by atoms with van der Waals surface area (Å²) >= 11 is 0. The number of methoxy groups -OCH3 is 1. The van der Waals surface area contributed by atoms with Crippen molar-refractivity contribution < 1.29 is 14.3 Å². The highest BCUT2D eigenvalue weighted by Gasteiger charge is 2.01. The molecule has 0 amide bonds. The normalized spacial score (nSPS) is 11.3. The predicted molar refractivity (Wildman–Crippen MR) is 64.5 cm³/mol. The smallest absolute Gasteiger partial charge is 0.333 e. The molecule has 0 aliphatic heterocycles. The molecule has 0 aromatic carbocycles. The van der Waals surface area contributed by atoms with Gasteiger partial charge < -0.3 is 9.47 Å². The van der Waals surface area contributed by atoms with Crippen molar-refractivity contribution >= 4 is 5.97 Å². The summed E-state index contributed by atoms with van der Waals surface area (Å²) in [5.41, 5.74) is 1.56. The lowest BCUT2D eigenvalue weighted by Gasteiger charge is -2.02. The lowest BCUT2D eigenvalue weighted by molar-refractivity contribution is -0.136. The van der Waals surface area contributed by atoms with Gasteiger partial charge in [0.1, 0.15) is 0 Å². The average molecular weight is 235 g/mol. The van der Waals surface area contributed by atoms with Crippen molar-refractivity contribution in [1.82, 2.24) is 4.98 Å². The fraction of sp³-hybridized carbons (Fsp3) is 0.385. The molecule has 0 bridgehead atoms. The zero-order valence-electron chi connectivity index (χ0n) is 10.2. The Morgan fingerprint density at radius 2 is 2.29 bits per heavy atom. The second kappa shape index (κ2) is 7.57. The Bertz CT molecular complexity index is 374. The minimum atomic E-state index is -0.321. The second-order valence-electron chi connectivity index (χ2n) is 3.52. The van der Waals surface area contributed by atoms with Crippen molar-refractivity contribution in [3.8, 4) is 0 Å². The first-order chi connectivity index (χ1) is 8.24. The van der Waals surface area contributed by atoms with Gasteiger partial charge in [0.05, 0.1) is 20.3 Å². The molecule has 1 rings (SSSR count). The van der Waals surface area contributed by atoms with Gasteiger partial charge in [0.15, 0.2) is 0 Å². The SMILES string of the molecule is COC(=O)C(C)=CCOCCc1ccccn1. The Morgan fingerprint density at radius 3 is 2.94 bits per heavy atom. The van der Waals surface area contributed by atoms with Crippen LogP contribution in [0, 0.1) is 0 Å². The van der Waals surface area contributed by atoms with E-state index in [9.17, 15) is 4.79 Å². The molecule has 0 aliphatic carbocycles. The lowest BCUT2D eigenvalue weighted by atomic mass is 10.3. The fourth-order valence-electron chi connectivity index (χ4n) is 1.23. The van der Waals surface area contributed by atoms with E-state index in [1.165, 1.54) is 7.11 Å². The summed E-state index contributed by atoms with van der Waals surface area (Å²) in [7, 11) is 1.36. The standard InChI is InChI=1S/C13H17NO3/c1-11(13(15)16-2)6-9-17-10-7-12-5-3-4-8-14-12/h3-6,8H,7,9-10H2,1-2H3. The summed E-state index contributed by atoms with van der Waals surface area (Å²) in [6, 6.07) is 5.79. The Morgan fingerprint density at radius 1 is 1.47 bits per heavy atom. The summed E-state index contributed by atoms with van der Waals surface area (Å²) in [5, 5.41) is 0. The van der Waals surface area contributed by atoms with E-state index < -0.39 is 0 Å². The third kappa shape index (κ3) is 5.26. The van der Waals surface area contributed by atoms with Gasteiger partial charge in [-0.1, -0.05) is 6.07 Å². The Balaban J connectivity index is 2.19. The molecule has 1 aromatic rings. The van der Waals surface area contributed by atoms with Gasteiger partial charge in [0.2, 0.25) is 0 Å². The Kier molecular flexibility index (Phi) is 5.96. The summed E-state index contributed by atoms with van der Waals surface area (Å²) in [5.74, 6) is -0.321. The number of nitrogens with zero attached hydrogens (tertiary/aromatic N) is 1. The maximum Gasteiger partial charge on any atom is 0.333 e. The van der Waals surface area contributed by atoms with E-state index >= 15 is 0 Å². The summed E-state index contributed by atoms with van der Waals surface area (Å²) in [4.78, 5) is 15.2. The van der Waals surface area contributed by atoms with Crippen molar-refractivity contribution in [1.29, 1.82) is 0 Å². The summed E-state index contributed by atoms with van der Waals surface area (Å²) in [6.45, 7) is 2.70. The van der Waals surface area contributed by atoms with Crippen LogP contribution >= 0.6 is 0 Å². The van der Waals surface area contributed by atoms with Crippen LogP contribution in [0.1, 0.15) is 12.6 Å². The topological polar surface area (TPSA) is 48.4 Å². The highest BCUT2D eigenvalue weighted by Crippen LogP contribution is 1.97. The first kappa shape index (κ1) is 13.4. The van der Waals surface area contributed by atoms with Crippen LogP contribution in [0.2, 0.25) is 0 Å². The number of rotatable bonds is 6. The van der Waals surface area contributed by atoms with Crippen LogP contribution in [0.3, 0.4) is 0 Å². The largest absolute Gasteiger partial charge is 0.466 e. The fourth-order valence-corrected chi connectivity index (χ4v) is 1.23. The number of carbonyl (C=O) groups excluding carboxylic acids is 1. The third-order valence-corrected chi connectivity index (χ3v) is 2.24. The maximum absolute atomic E-state index is 11.0. The van der Waals surface area contributed by atoms with Gasteiger partial charge >= 0.3 is 5.97 Å². The maximum atomic E-state index is 11.0. The molecule has 0 N–H and O–H groups in total. The van der Waals surface area contributed by atoms with E-state index in [1.807, 2.05) is 18.2 Å². The number of ether oxygens (including phenoxy) is 2.